The van der Waals surface area contributed by atoms with Crippen molar-refractivity contribution < 1.29 is 0 Å². The zero-order valence-electron chi connectivity index (χ0n) is 15.9. The number of anilines is 2. The summed E-state index contributed by atoms with van der Waals surface area (Å²) in [6.45, 7) is 3.71. The zero-order valence-corrected chi connectivity index (χ0v) is 18.3. The second kappa shape index (κ2) is 11.3. The Morgan fingerprint density at radius 2 is 1.93 bits per heavy atom. The predicted octanol–water partition coefficient (Wildman–Crippen LogP) is 6.24. The summed E-state index contributed by atoms with van der Waals surface area (Å²) in [5.41, 5.74) is 4.17. The number of likely N-dealkylation sites (tertiary alicyclic amines) is 1. The summed E-state index contributed by atoms with van der Waals surface area (Å²) in [7, 11) is 1.85. The molecule has 1 saturated heterocycles. The molecular weight excluding hydrogens is 408 g/mol. The molecule has 1 aliphatic heterocycles. The Bertz CT molecular complexity index is 822. The highest BCUT2D eigenvalue weighted by molar-refractivity contribution is 8.00. The third-order valence-electron chi connectivity index (χ3n) is 4.36. The van der Waals surface area contributed by atoms with E-state index in [-0.39, 0.29) is 0 Å². The van der Waals surface area contributed by atoms with E-state index in [2.05, 4.69) is 50.3 Å². The van der Waals surface area contributed by atoms with E-state index in [0.29, 0.717) is 5.02 Å². The number of halogens is 1. The smallest absolute Gasteiger partial charge is 0.147 e. The van der Waals surface area contributed by atoms with Gasteiger partial charge in [0.25, 0.3) is 0 Å². The molecule has 0 amide bonds. The molecule has 7 heteroatoms. The largest absolute Gasteiger partial charge is 0.387 e. The maximum Gasteiger partial charge on any atom is 0.147 e. The molecule has 148 valence electrons. The van der Waals surface area contributed by atoms with Crippen molar-refractivity contribution >= 4 is 46.4 Å². The van der Waals surface area contributed by atoms with Gasteiger partial charge in [-0.05, 0) is 61.6 Å². The van der Waals surface area contributed by atoms with E-state index in [1.165, 1.54) is 43.4 Å². The number of rotatable bonds is 6. The molecule has 0 atom stereocenters. The summed E-state index contributed by atoms with van der Waals surface area (Å²) in [5.74, 6) is 0.865. The van der Waals surface area contributed by atoms with Gasteiger partial charge in [0.15, 0.2) is 0 Å². The normalized spacial score (nSPS) is 13.6. The van der Waals surface area contributed by atoms with Crippen LogP contribution >= 0.6 is 34.9 Å². The van der Waals surface area contributed by atoms with Crippen LogP contribution in [-0.2, 0) is 6.54 Å². The first-order valence-electron chi connectivity index (χ1n) is 9.29. The average Bonchev–Trinajstić information content (AvgIpc) is 3.42. The van der Waals surface area contributed by atoms with Crippen LogP contribution < -0.4 is 10.0 Å². The highest BCUT2D eigenvalue weighted by Gasteiger charge is 2.10. The monoisotopic (exact) mass is 432 g/mol. The fourth-order valence-corrected chi connectivity index (χ4v) is 4.46. The van der Waals surface area contributed by atoms with Crippen LogP contribution in [-0.4, -0.2) is 30.0 Å². The van der Waals surface area contributed by atoms with E-state index in [0.717, 1.165) is 22.9 Å². The summed E-state index contributed by atoms with van der Waals surface area (Å²) in [6.07, 6.45) is 2.76. The molecular formula is C21H25ClN4S2. The van der Waals surface area contributed by atoms with Crippen molar-refractivity contribution in [3.8, 4) is 0 Å². The van der Waals surface area contributed by atoms with Crippen LogP contribution in [0.25, 0.3) is 0 Å². The Morgan fingerprint density at radius 1 is 1.14 bits per heavy atom. The van der Waals surface area contributed by atoms with Gasteiger partial charge in [-0.1, -0.05) is 41.9 Å². The average molecular weight is 433 g/mol. The van der Waals surface area contributed by atoms with Crippen LogP contribution in [0.5, 0.6) is 0 Å². The minimum atomic E-state index is 0.715. The van der Waals surface area contributed by atoms with Crippen LogP contribution in [0.4, 0.5) is 11.5 Å². The lowest BCUT2D eigenvalue weighted by Gasteiger charge is -2.13. The maximum absolute atomic E-state index is 6.07. The third-order valence-corrected chi connectivity index (χ3v) is 6.06. The topological polar surface area (TPSA) is 40.2 Å². The standard InChI is InChI=1S/C11H15N.C10H10ClN3S2/c1-2-6-11(7-3-1)10-12-8-4-5-9-12;1-12-9-3-2-7(4-8(9)11)16-14-10-5-15-6-13-10/h1-3,6-7H,4-5,8-10H2;2-6,12,14H,1H3. The predicted molar refractivity (Wildman–Crippen MR) is 124 cm³/mol. The van der Waals surface area contributed by atoms with E-state index in [9.17, 15) is 0 Å². The van der Waals surface area contributed by atoms with E-state index in [1.54, 1.807) is 16.8 Å². The minimum Gasteiger partial charge on any atom is -0.387 e. The fraction of sp³-hybridized carbons (Fsp3) is 0.286. The molecule has 0 radical (unpaired) electrons. The van der Waals surface area contributed by atoms with Crippen molar-refractivity contribution in [3.05, 3.63) is 70.0 Å². The second-order valence-electron chi connectivity index (χ2n) is 6.44. The van der Waals surface area contributed by atoms with Crippen LogP contribution in [0.3, 0.4) is 0 Å². The van der Waals surface area contributed by atoms with Crippen molar-refractivity contribution in [2.75, 3.05) is 30.2 Å². The summed E-state index contributed by atoms with van der Waals surface area (Å²) in [4.78, 5) is 7.70. The van der Waals surface area contributed by atoms with Crippen molar-refractivity contribution in [1.82, 2.24) is 9.88 Å². The molecule has 2 aromatic carbocycles. The Labute approximate surface area is 180 Å². The molecule has 1 aliphatic rings. The quantitative estimate of drug-likeness (QED) is 0.451. The molecule has 4 nitrogen and oxygen atoms in total. The Hall–Kier alpha value is -1.73. The summed E-state index contributed by atoms with van der Waals surface area (Å²) >= 11 is 9.13. The van der Waals surface area contributed by atoms with Crippen LogP contribution in [0.1, 0.15) is 18.4 Å². The van der Waals surface area contributed by atoms with Crippen molar-refractivity contribution in [3.63, 3.8) is 0 Å². The molecule has 0 bridgehead atoms. The number of thiazole rings is 1. The van der Waals surface area contributed by atoms with Gasteiger partial charge in [0.05, 0.1) is 16.2 Å². The van der Waals surface area contributed by atoms with E-state index in [4.69, 9.17) is 11.6 Å². The molecule has 2 heterocycles. The lowest BCUT2D eigenvalue weighted by atomic mass is 10.2. The highest BCUT2D eigenvalue weighted by atomic mass is 35.5. The molecule has 2 N–H and O–H groups in total. The van der Waals surface area contributed by atoms with Gasteiger partial charge in [0.2, 0.25) is 0 Å². The summed E-state index contributed by atoms with van der Waals surface area (Å²) < 4.78 is 3.14. The molecule has 0 unspecified atom stereocenters. The third kappa shape index (κ3) is 6.71. The van der Waals surface area contributed by atoms with E-state index < -0.39 is 0 Å². The van der Waals surface area contributed by atoms with Crippen molar-refractivity contribution in [2.24, 2.45) is 0 Å². The summed E-state index contributed by atoms with van der Waals surface area (Å²) in [6, 6.07) is 16.6. The van der Waals surface area contributed by atoms with Gasteiger partial charge < -0.3 is 10.0 Å². The van der Waals surface area contributed by atoms with E-state index >= 15 is 0 Å². The Morgan fingerprint density at radius 3 is 2.57 bits per heavy atom. The SMILES string of the molecule is CNc1ccc(SNc2cscn2)cc1Cl.c1ccc(CN2CCCC2)cc1. The Balaban J connectivity index is 0.000000167. The summed E-state index contributed by atoms with van der Waals surface area (Å²) in [5, 5.41) is 5.69. The first-order valence-corrected chi connectivity index (χ1v) is 11.4. The van der Waals surface area contributed by atoms with Gasteiger partial charge in [-0.25, -0.2) is 4.98 Å². The molecule has 28 heavy (non-hydrogen) atoms. The van der Waals surface area contributed by atoms with E-state index in [1.807, 2.05) is 30.6 Å². The second-order valence-corrected chi connectivity index (χ2v) is 8.44. The van der Waals surface area contributed by atoms with Gasteiger partial charge in [-0.2, -0.15) is 0 Å². The van der Waals surface area contributed by atoms with Crippen LogP contribution in [0, 0.1) is 0 Å². The van der Waals surface area contributed by atoms with Crippen LogP contribution in [0.15, 0.2) is 64.3 Å². The molecule has 1 aromatic heterocycles. The van der Waals surface area contributed by atoms with Gasteiger partial charge in [0, 0.05) is 23.9 Å². The molecule has 0 saturated carbocycles. The van der Waals surface area contributed by atoms with Gasteiger partial charge in [-0.3, -0.25) is 4.90 Å². The van der Waals surface area contributed by atoms with Crippen LogP contribution in [0.2, 0.25) is 5.02 Å². The molecule has 3 aromatic rings. The number of nitrogens with one attached hydrogen (secondary N) is 2. The number of aromatic nitrogens is 1. The number of hydrogen-bond donors (Lipinski definition) is 2. The van der Waals surface area contributed by atoms with Gasteiger partial charge >= 0.3 is 0 Å². The molecule has 0 spiro atoms. The molecule has 1 fully saturated rings. The first kappa shape index (κ1) is 21.0. The lowest BCUT2D eigenvalue weighted by Crippen LogP contribution is -2.18. The van der Waals surface area contributed by atoms with Crippen molar-refractivity contribution in [2.45, 2.75) is 24.3 Å². The van der Waals surface area contributed by atoms with Crippen molar-refractivity contribution in [1.29, 1.82) is 0 Å². The lowest BCUT2D eigenvalue weighted by molar-refractivity contribution is 0.331. The molecule has 0 aliphatic carbocycles. The number of hydrogen-bond acceptors (Lipinski definition) is 6. The first-order chi connectivity index (χ1) is 13.7. The number of nitrogens with zero attached hydrogens (tertiary/aromatic N) is 2. The highest BCUT2D eigenvalue weighted by Crippen LogP contribution is 2.28. The Kier molecular flexibility index (Phi) is 8.48. The van der Waals surface area contributed by atoms with Gasteiger partial charge in [0.1, 0.15) is 5.82 Å². The zero-order chi connectivity index (χ0) is 19.6. The fourth-order valence-electron chi connectivity index (χ4n) is 2.92. The number of benzene rings is 2. The van der Waals surface area contributed by atoms with Gasteiger partial charge in [-0.15, -0.1) is 11.3 Å². The minimum absolute atomic E-state index is 0.715. The maximum atomic E-state index is 6.07. The molecule has 4 rings (SSSR count).